The molecule has 0 fully saturated rings. The molecule has 1 atom stereocenters. The number of aryl methyl sites for hydroxylation is 1. The van der Waals surface area contributed by atoms with Crippen molar-refractivity contribution in [3.63, 3.8) is 0 Å². The Morgan fingerprint density at radius 3 is 2.47 bits per heavy atom. The van der Waals surface area contributed by atoms with Crippen molar-refractivity contribution in [3.8, 4) is 0 Å². The van der Waals surface area contributed by atoms with Crippen LogP contribution in [0, 0.1) is 6.92 Å². The molecule has 0 aliphatic heterocycles. The molecule has 1 heterocycles. The van der Waals surface area contributed by atoms with E-state index >= 15 is 0 Å². The highest BCUT2D eigenvalue weighted by molar-refractivity contribution is 5.74. The molecule has 0 spiro atoms. The molecule has 0 radical (unpaired) electrons. The standard InChI is InChI=1S/C14H19N3/c1-3-6-11(15)9-14-10(2)16-12-7-4-5-8-13(12)17-14/h4-5,7-8,11H,3,6,9,15H2,1-2H3. The fourth-order valence-electron chi connectivity index (χ4n) is 2.04. The van der Waals surface area contributed by atoms with Gasteiger partial charge in [-0.1, -0.05) is 25.5 Å². The Kier molecular flexibility index (Phi) is 3.69. The van der Waals surface area contributed by atoms with Gasteiger partial charge in [-0.3, -0.25) is 0 Å². The van der Waals surface area contributed by atoms with E-state index in [0.29, 0.717) is 0 Å². The van der Waals surface area contributed by atoms with E-state index in [-0.39, 0.29) is 6.04 Å². The minimum atomic E-state index is 0.189. The maximum Gasteiger partial charge on any atom is 0.0890 e. The van der Waals surface area contributed by atoms with E-state index in [1.165, 1.54) is 0 Å². The van der Waals surface area contributed by atoms with E-state index in [4.69, 9.17) is 5.73 Å². The van der Waals surface area contributed by atoms with Gasteiger partial charge in [-0.05, 0) is 25.5 Å². The number of fused-ring (bicyclic) bond motifs is 1. The summed E-state index contributed by atoms with van der Waals surface area (Å²) in [6, 6.07) is 8.15. The molecule has 90 valence electrons. The van der Waals surface area contributed by atoms with E-state index in [0.717, 1.165) is 41.7 Å². The molecular formula is C14H19N3. The Balaban J connectivity index is 2.31. The molecule has 2 N–H and O–H groups in total. The van der Waals surface area contributed by atoms with Crippen LogP contribution >= 0.6 is 0 Å². The monoisotopic (exact) mass is 229 g/mol. The fraction of sp³-hybridized carbons (Fsp3) is 0.429. The first kappa shape index (κ1) is 12.0. The van der Waals surface area contributed by atoms with E-state index in [2.05, 4.69) is 16.9 Å². The van der Waals surface area contributed by atoms with Gasteiger partial charge in [0.05, 0.1) is 22.4 Å². The van der Waals surface area contributed by atoms with Crippen molar-refractivity contribution in [3.05, 3.63) is 35.7 Å². The quantitative estimate of drug-likeness (QED) is 0.876. The second-order valence-corrected chi connectivity index (χ2v) is 4.50. The van der Waals surface area contributed by atoms with Crippen molar-refractivity contribution in [1.29, 1.82) is 0 Å². The van der Waals surface area contributed by atoms with E-state index in [1.54, 1.807) is 0 Å². The maximum absolute atomic E-state index is 6.06. The third-order valence-electron chi connectivity index (χ3n) is 2.96. The van der Waals surface area contributed by atoms with Gasteiger partial charge in [0.25, 0.3) is 0 Å². The van der Waals surface area contributed by atoms with Gasteiger partial charge in [-0.15, -0.1) is 0 Å². The summed E-state index contributed by atoms with van der Waals surface area (Å²) in [6.07, 6.45) is 2.96. The summed E-state index contributed by atoms with van der Waals surface area (Å²) in [7, 11) is 0. The third kappa shape index (κ3) is 2.80. The zero-order valence-corrected chi connectivity index (χ0v) is 10.5. The molecule has 3 nitrogen and oxygen atoms in total. The van der Waals surface area contributed by atoms with Gasteiger partial charge in [0.1, 0.15) is 0 Å². The number of hydrogen-bond donors (Lipinski definition) is 1. The second-order valence-electron chi connectivity index (χ2n) is 4.50. The Morgan fingerprint density at radius 2 is 1.82 bits per heavy atom. The number of para-hydroxylation sites is 2. The molecule has 0 aliphatic rings. The second kappa shape index (κ2) is 5.23. The predicted molar refractivity (Wildman–Crippen MR) is 70.9 cm³/mol. The molecule has 1 aromatic heterocycles. The van der Waals surface area contributed by atoms with Crippen molar-refractivity contribution in [2.24, 2.45) is 5.73 Å². The van der Waals surface area contributed by atoms with Crippen LogP contribution in [0.15, 0.2) is 24.3 Å². The maximum atomic E-state index is 6.06. The number of nitrogens with two attached hydrogens (primary N) is 1. The fourth-order valence-corrected chi connectivity index (χ4v) is 2.04. The SMILES string of the molecule is CCCC(N)Cc1nc2ccccc2nc1C. The normalized spacial score (nSPS) is 12.9. The summed E-state index contributed by atoms with van der Waals surface area (Å²) in [6.45, 7) is 4.16. The molecule has 1 unspecified atom stereocenters. The van der Waals surface area contributed by atoms with E-state index in [1.807, 2.05) is 31.2 Å². The average Bonchev–Trinajstić information content (AvgIpc) is 2.30. The number of aromatic nitrogens is 2. The highest BCUT2D eigenvalue weighted by Crippen LogP contribution is 2.14. The molecule has 0 bridgehead atoms. The molecule has 1 aromatic carbocycles. The molecule has 3 heteroatoms. The first-order valence-corrected chi connectivity index (χ1v) is 6.18. The minimum Gasteiger partial charge on any atom is -0.327 e. The first-order chi connectivity index (χ1) is 8.20. The summed E-state index contributed by atoms with van der Waals surface area (Å²) >= 11 is 0. The Morgan fingerprint density at radius 1 is 1.18 bits per heavy atom. The number of hydrogen-bond acceptors (Lipinski definition) is 3. The van der Waals surface area contributed by atoms with Gasteiger partial charge in [-0.25, -0.2) is 9.97 Å². The summed E-state index contributed by atoms with van der Waals surface area (Å²) in [5.74, 6) is 0. The summed E-state index contributed by atoms with van der Waals surface area (Å²) < 4.78 is 0. The molecule has 2 aromatic rings. The molecule has 0 saturated carbocycles. The van der Waals surface area contributed by atoms with Crippen molar-refractivity contribution >= 4 is 11.0 Å². The lowest BCUT2D eigenvalue weighted by atomic mass is 10.1. The van der Waals surface area contributed by atoms with Gasteiger partial charge in [-0.2, -0.15) is 0 Å². The first-order valence-electron chi connectivity index (χ1n) is 6.18. The predicted octanol–water partition coefficient (Wildman–Crippen LogP) is 2.61. The summed E-state index contributed by atoms with van der Waals surface area (Å²) in [5, 5.41) is 0. The number of rotatable bonds is 4. The zero-order chi connectivity index (χ0) is 12.3. The highest BCUT2D eigenvalue weighted by atomic mass is 14.8. The van der Waals surface area contributed by atoms with E-state index < -0.39 is 0 Å². The summed E-state index contributed by atoms with van der Waals surface area (Å²) in [4.78, 5) is 9.23. The van der Waals surface area contributed by atoms with Crippen LogP contribution in [0.25, 0.3) is 11.0 Å². The lowest BCUT2D eigenvalue weighted by molar-refractivity contribution is 0.591. The third-order valence-corrected chi connectivity index (χ3v) is 2.96. The Labute approximate surface area is 102 Å². The topological polar surface area (TPSA) is 51.8 Å². The van der Waals surface area contributed by atoms with E-state index in [9.17, 15) is 0 Å². The van der Waals surface area contributed by atoms with Crippen LogP contribution in [-0.2, 0) is 6.42 Å². The molecule has 0 amide bonds. The lowest BCUT2D eigenvalue weighted by Gasteiger charge is -2.11. The van der Waals surface area contributed by atoms with Gasteiger partial charge in [0.15, 0.2) is 0 Å². The van der Waals surface area contributed by atoms with Crippen molar-refractivity contribution in [1.82, 2.24) is 9.97 Å². The zero-order valence-electron chi connectivity index (χ0n) is 10.5. The van der Waals surface area contributed by atoms with Gasteiger partial charge in [0, 0.05) is 12.5 Å². The Hall–Kier alpha value is -1.48. The molecule has 2 rings (SSSR count). The largest absolute Gasteiger partial charge is 0.327 e. The Bertz CT molecular complexity index is 508. The van der Waals surface area contributed by atoms with Crippen LogP contribution in [0.2, 0.25) is 0 Å². The number of benzene rings is 1. The van der Waals surface area contributed by atoms with Crippen LogP contribution in [0.1, 0.15) is 31.2 Å². The van der Waals surface area contributed by atoms with Gasteiger partial charge in [0.2, 0.25) is 0 Å². The number of nitrogens with zero attached hydrogens (tertiary/aromatic N) is 2. The van der Waals surface area contributed by atoms with Crippen molar-refractivity contribution < 1.29 is 0 Å². The lowest BCUT2D eigenvalue weighted by Crippen LogP contribution is -2.23. The molecule has 17 heavy (non-hydrogen) atoms. The summed E-state index contributed by atoms with van der Waals surface area (Å²) in [5.41, 5.74) is 10.0. The van der Waals surface area contributed by atoms with Crippen LogP contribution < -0.4 is 5.73 Å². The average molecular weight is 229 g/mol. The molecule has 0 aliphatic carbocycles. The van der Waals surface area contributed by atoms with Crippen molar-refractivity contribution in [2.75, 3.05) is 0 Å². The van der Waals surface area contributed by atoms with Crippen molar-refractivity contribution in [2.45, 2.75) is 39.2 Å². The van der Waals surface area contributed by atoms with Crippen LogP contribution in [0.3, 0.4) is 0 Å². The van der Waals surface area contributed by atoms with Crippen LogP contribution in [-0.4, -0.2) is 16.0 Å². The van der Waals surface area contributed by atoms with Crippen LogP contribution in [0.4, 0.5) is 0 Å². The van der Waals surface area contributed by atoms with Gasteiger partial charge < -0.3 is 5.73 Å². The molecular weight excluding hydrogens is 210 g/mol. The minimum absolute atomic E-state index is 0.189. The smallest absolute Gasteiger partial charge is 0.0890 e. The highest BCUT2D eigenvalue weighted by Gasteiger charge is 2.09. The molecule has 0 saturated heterocycles. The van der Waals surface area contributed by atoms with Gasteiger partial charge >= 0.3 is 0 Å². The van der Waals surface area contributed by atoms with Crippen LogP contribution in [0.5, 0.6) is 0 Å².